The maximum absolute atomic E-state index is 11.4. The first-order chi connectivity index (χ1) is 6.18. The fourth-order valence-corrected chi connectivity index (χ4v) is 1.56. The molecule has 0 radical (unpaired) electrons. The molecule has 0 bridgehead atoms. The van der Waals surface area contributed by atoms with E-state index < -0.39 is 0 Å². The van der Waals surface area contributed by atoms with E-state index >= 15 is 0 Å². The fourth-order valence-electron chi connectivity index (χ4n) is 1.56. The van der Waals surface area contributed by atoms with Crippen molar-refractivity contribution < 1.29 is 4.73 Å². The zero-order valence-corrected chi connectivity index (χ0v) is 8.16. The average Bonchev–Trinajstić information content (AvgIpc) is 2.87. The van der Waals surface area contributed by atoms with Crippen molar-refractivity contribution in [1.82, 2.24) is 0 Å². The van der Waals surface area contributed by atoms with Crippen LogP contribution in [0.3, 0.4) is 0 Å². The third-order valence-corrected chi connectivity index (χ3v) is 2.63. The molecule has 0 unspecified atom stereocenters. The van der Waals surface area contributed by atoms with Gasteiger partial charge in [0.25, 0.3) is 0 Å². The molecule has 0 atom stereocenters. The standard InChI is InChI=1S/C11H15NO/c1-8(2)10-5-6-12(13)11(7-10)9-3-4-9/h5-9H,3-4H2,1-2H3. The summed E-state index contributed by atoms with van der Waals surface area (Å²) in [4.78, 5) is 0. The summed E-state index contributed by atoms with van der Waals surface area (Å²) < 4.78 is 1.02. The molecule has 0 aliphatic heterocycles. The van der Waals surface area contributed by atoms with E-state index in [-0.39, 0.29) is 0 Å². The Morgan fingerprint density at radius 1 is 1.46 bits per heavy atom. The summed E-state index contributed by atoms with van der Waals surface area (Å²) in [5.41, 5.74) is 2.24. The highest BCUT2D eigenvalue weighted by Crippen LogP contribution is 2.38. The van der Waals surface area contributed by atoms with Gasteiger partial charge in [0.2, 0.25) is 0 Å². The topological polar surface area (TPSA) is 26.9 Å². The van der Waals surface area contributed by atoms with Crippen molar-refractivity contribution in [2.45, 2.75) is 38.5 Å². The summed E-state index contributed by atoms with van der Waals surface area (Å²) in [6.07, 6.45) is 4.01. The van der Waals surface area contributed by atoms with Crippen LogP contribution in [0.1, 0.15) is 49.8 Å². The highest BCUT2D eigenvalue weighted by Gasteiger charge is 2.30. The van der Waals surface area contributed by atoms with Gasteiger partial charge in [-0.15, -0.1) is 0 Å². The van der Waals surface area contributed by atoms with Gasteiger partial charge in [0, 0.05) is 18.1 Å². The van der Waals surface area contributed by atoms with E-state index in [9.17, 15) is 5.21 Å². The number of hydrogen-bond donors (Lipinski definition) is 0. The van der Waals surface area contributed by atoms with Crippen molar-refractivity contribution in [2.75, 3.05) is 0 Å². The zero-order valence-electron chi connectivity index (χ0n) is 8.16. The Bertz CT molecular complexity index is 316. The molecule has 0 N–H and O–H groups in total. The van der Waals surface area contributed by atoms with Gasteiger partial charge in [-0.2, -0.15) is 4.73 Å². The summed E-state index contributed by atoms with van der Waals surface area (Å²) in [5.74, 6) is 1.05. The maximum atomic E-state index is 11.4. The third kappa shape index (κ3) is 1.67. The quantitative estimate of drug-likeness (QED) is 0.503. The lowest BCUT2D eigenvalue weighted by Crippen LogP contribution is -2.30. The normalized spacial score (nSPS) is 16.5. The largest absolute Gasteiger partial charge is 0.618 e. The summed E-state index contributed by atoms with van der Waals surface area (Å²) >= 11 is 0. The van der Waals surface area contributed by atoms with Crippen LogP contribution >= 0.6 is 0 Å². The first-order valence-electron chi connectivity index (χ1n) is 4.91. The van der Waals surface area contributed by atoms with Crippen LogP contribution in [0.15, 0.2) is 18.3 Å². The fraction of sp³-hybridized carbons (Fsp3) is 0.545. The van der Waals surface area contributed by atoms with Crippen LogP contribution in [-0.4, -0.2) is 0 Å². The predicted octanol–water partition coefficient (Wildman–Crippen LogP) is 2.32. The number of aromatic nitrogens is 1. The molecule has 1 aliphatic rings. The van der Waals surface area contributed by atoms with E-state index in [1.807, 2.05) is 6.07 Å². The molecule has 2 nitrogen and oxygen atoms in total. The van der Waals surface area contributed by atoms with Gasteiger partial charge in [-0.05, 0) is 24.3 Å². The third-order valence-electron chi connectivity index (χ3n) is 2.63. The zero-order chi connectivity index (χ0) is 9.42. The van der Waals surface area contributed by atoms with Crippen LogP contribution in [0, 0.1) is 5.21 Å². The van der Waals surface area contributed by atoms with Gasteiger partial charge in [-0.1, -0.05) is 13.8 Å². The minimum absolute atomic E-state index is 0.513. The molecule has 0 amide bonds. The molecule has 70 valence electrons. The van der Waals surface area contributed by atoms with Crippen LogP contribution in [-0.2, 0) is 0 Å². The molecule has 0 spiro atoms. The molecule has 1 aromatic heterocycles. The molecule has 1 saturated carbocycles. The van der Waals surface area contributed by atoms with Crippen molar-refractivity contribution in [3.05, 3.63) is 34.8 Å². The number of pyridine rings is 1. The number of rotatable bonds is 2. The molecule has 2 rings (SSSR count). The van der Waals surface area contributed by atoms with Crippen molar-refractivity contribution in [1.29, 1.82) is 0 Å². The van der Waals surface area contributed by atoms with Gasteiger partial charge in [-0.25, -0.2) is 0 Å². The van der Waals surface area contributed by atoms with E-state index in [1.165, 1.54) is 18.4 Å². The van der Waals surface area contributed by atoms with E-state index in [0.717, 1.165) is 10.4 Å². The lowest BCUT2D eigenvalue weighted by molar-refractivity contribution is -0.614. The average molecular weight is 177 g/mol. The first-order valence-corrected chi connectivity index (χ1v) is 4.91. The number of nitrogens with zero attached hydrogens (tertiary/aromatic N) is 1. The Balaban J connectivity index is 2.36. The molecule has 13 heavy (non-hydrogen) atoms. The van der Waals surface area contributed by atoms with Crippen LogP contribution < -0.4 is 4.73 Å². The lowest BCUT2D eigenvalue weighted by Gasteiger charge is -2.08. The summed E-state index contributed by atoms with van der Waals surface area (Å²) in [6.45, 7) is 4.31. The maximum Gasteiger partial charge on any atom is 0.196 e. The van der Waals surface area contributed by atoms with Crippen molar-refractivity contribution in [3.63, 3.8) is 0 Å². The molecule has 1 aromatic rings. The molecule has 1 fully saturated rings. The Morgan fingerprint density at radius 2 is 2.15 bits per heavy atom. The van der Waals surface area contributed by atoms with Gasteiger partial charge in [0.15, 0.2) is 11.9 Å². The highest BCUT2D eigenvalue weighted by atomic mass is 16.5. The van der Waals surface area contributed by atoms with Crippen molar-refractivity contribution in [2.24, 2.45) is 0 Å². The molecule has 1 heterocycles. The summed E-state index contributed by atoms with van der Waals surface area (Å²) in [6, 6.07) is 3.99. The smallest absolute Gasteiger partial charge is 0.196 e. The van der Waals surface area contributed by atoms with Gasteiger partial charge in [0.05, 0.1) is 0 Å². The van der Waals surface area contributed by atoms with E-state index in [1.54, 1.807) is 6.20 Å². The minimum Gasteiger partial charge on any atom is -0.618 e. The van der Waals surface area contributed by atoms with E-state index in [4.69, 9.17) is 0 Å². The second-order valence-corrected chi connectivity index (χ2v) is 4.14. The van der Waals surface area contributed by atoms with Crippen LogP contribution in [0.25, 0.3) is 0 Å². The molecule has 2 heteroatoms. The predicted molar refractivity (Wildman–Crippen MR) is 51.5 cm³/mol. The van der Waals surface area contributed by atoms with E-state index in [0.29, 0.717) is 11.8 Å². The second kappa shape index (κ2) is 3.02. The van der Waals surface area contributed by atoms with Gasteiger partial charge < -0.3 is 5.21 Å². The Labute approximate surface area is 78.8 Å². The van der Waals surface area contributed by atoms with Gasteiger partial charge in [0.1, 0.15) is 0 Å². The van der Waals surface area contributed by atoms with E-state index in [2.05, 4.69) is 19.9 Å². The molecule has 1 aliphatic carbocycles. The molecular weight excluding hydrogens is 162 g/mol. The monoisotopic (exact) mass is 177 g/mol. The van der Waals surface area contributed by atoms with Crippen LogP contribution in [0.5, 0.6) is 0 Å². The van der Waals surface area contributed by atoms with Crippen molar-refractivity contribution in [3.8, 4) is 0 Å². The van der Waals surface area contributed by atoms with Crippen LogP contribution in [0.2, 0.25) is 0 Å². The van der Waals surface area contributed by atoms with Gasteiger partial charge >= 0.3 is 0 Å². The first kappa shape index (κ1) is 8.54. The summed E-state index contributed by atoms with van der Waals surface area (Å²) in [7, 11) is 0. The highest BCUT2D eigenvalue weighted by molar-refractivity contribution is 5.20. The van der Waals surface area contributed by atoms with Crippen LogP contribution in [0.4, 0.5) is 0 Å². The Hall–Kier alpha value is -1.05. The Morgan fingerprint density at radius 3 is 2.69 bits per heavy atom. The Kier molecular flexibility index (Phi) is 1.98. The SMILES string of the molecule is CC(C)c1cc[n+]([O-])c(C2CC2)c1. The summed E-state index contributed by atoms with van der Waals surface area (Å²) in [5, 5.41) is 11.4. The van der Waals surface area contributed by atoms with Gasteiger partial charge in [-0.3, -0.25) is 0 Å². The lowest BCUT2D eigenvalue weighted by atomic mass is 10.0. The second-order valence-electron chi connectivity index (χ2n) is 4.14. The number of hydrogen-bond acceptors (Lipinski definition) is 1. The van der Waals surface area contributed by atoms with Crippen molar-refractivity contribution >= 4 is 0 Å². The molecular formula is C11H15NO. The molecule has 0 saturated heterocycles. The minimum atomic E-state index is 0.513. The molecule has 0 aromatic carbocycles.